The molecular weight excluding hydrogens is 454 g/mol. The van der Waals surface area contributed by atoms with E-state index < -0.39 is 16.9 Å². The summed E-state index contributed by atoms with van der Waals surface area (Å²) in [5, 5.41) is 0.341. The number of primary amides is 1. The van der Waals surface area contributed by atoms with Crippen molar-refractivity contribution in [2.75, 3.05) is 20.2 Å². The van der Waals surface area contributed by atoms with E-state index in [9.17, 15) is 14.4 Å². The van der Waals surface area contributed by atoms with Crippen LogP contribution in [0.3, 0.4) is 0 Å². The highest BCUT2D eigenvalue weighted by molar-refractivity contribution is 7.13. The van der Waals surface area contributed by atoms with Crippen molar-refractivity contribution in [2.45, 2.75) is 96.5 Å². The van der Waals surface area contributed by atoms with Gasteiger partial charge in [0.05, 0.1) is 18.2 Å². The molecule has 1 aromatic rings. The first-order chi connectivity index (χ1) is 15.8. The van der Waals surface area contributed by atoms with Crippen LogP contribution in [-0.2, 0) is 19.7 Å². The molecule has 0 spiro atoms. The Kier molecular flexibility index (Phi) is 7.65. The molecule has 9 heteroatoms. The molecule has 2 fully saturated rings. The van der Waals surface area contributed by atoms with Crippen LogP contribution in [0.15, 0.2) is 0 Å². The number of esters is 1. The van der Waals surface area contributed by atoms with Crippen molar-refractivity contribution >= 4 is 29.3 Å². The van der Waals surface area contributed by atoms with Gasteiger partial charge >= 0.3 is 12.1 Å². The van der Waals surface area contributed by atoms with Gasteiger partial charge in [-0.3, -0.25) is 9.59 Å². The van der Waals surface area contributed by atoms with Gasteiger partial charge in [-0.05, 0) is 78.6 Å². The third kappa shape index (κ3) is 5.39. The second kappa shape index (κ2) is 9.84. The number of hydrogen-bond acceptors (Lipinski definition) is 7. The third-order valence-corrected chi connectivity index (χ3v) is 8.78. The maximum atomic E-state index is 12.5. The number of methoxy groups -OCH3 is 1. The van der Waals surface area contributed by atoms with Gasteiger partial charge in [0.15, 0.2) is 5.01 Å². The van der Waals surface area contributed by atoms with Gasteiger partial charge in [0.2, 0.25) is 0 Å². The lowest BCUT2D eigenvalue weighted by Gasteiger charge is -2.43. The average Bonchev–Trinajstić information content (AvgIpc) is 3.25. The summed E-state index contributed by atoms with van der Waals surface area (Å²) in [7, 11) is 1.44. The van der Waals surface area contributed by atoms with E-state index in [4.69, 9.17) is 20.2 Å². The Bertz CT molecular complexity index is 919. The fourth-order valence-corrected chi connectivity index (χ4v) is 6.44. The predicted octanol–water partition coefficient (Wildman–Crippen LogP) is 4.76. The molecule has 1 aliphatic heterocycles. The molecule has 1 aromatic heterocycles. The maximum Gasteiger partial charge on any atom is 0.410 e. The minimum atomic E-state index is -0.525. The van der Waals surface area contributed by atoms with Gasteiger partial charge in [0, 0.05) is 23.4 Å². The Morgan fingerprint density at radius 1 is 1.15 bits per heavy atom. The lowest BCUT2D eigenvalue weighted by atomic mass is 9.61. The van der Waals surface area contributed by atoms with Crippen LogP contribution in [0.1, 0.15) is 106 Å². The average molecular weight is 494 g/mol. The van der Waals surface area contributed by atoms with E-state index in [1.807, 2.05) is 27.7 Å². The van der Waals surface area contributed by atoms with Gasteiger partial charge in [-0.2, -0.15) is 0 Å². The van der Waals surface area contributed by atoms with E-state index in [1.54, 1.807) is 4.90 Å². The molecule has 0 radical (unpaired) electrons. The normalized spacial score (nSPS) is 26.2. The van der Waals surface area contributed by atoms with Crippen LogP contribution in [0.25, 0.3) is 0 Å². The standard InChI is InChI=1S/C25H39N3O5S/c1-7-25(12-10-24(5,11-13-25)21(30)32-6)18-17(34-20(27-18)19(26)29)16-8-14-28(15-9-16)22(31)33-23(2,3)4/h16H,7-15H2,1-6H3,(H2,26,29). The molecular formula is C25H39N3O5S. The SMILES string of the molecule is CCC1(c2nc(C(N)=O)sc2C2CCN(C(=O)OC(C)(C)C)CC2)CCC(C)(C(=O)OC)CC1. The molecule has 190 valence electrons. The number of nitrogens with zero attached hydrogens (tertiary/aromatic N) is 2. The van der Waals surface area contributed by atoms with Gasteiger partial charge in [-0.15, -0.1) is 11.3 Å². The first-order valence-corrected chi connectivity index (χ1v) is 13.0. The molecule has 2 aliphatic rings. The number of thiazole rings is 1. The van der Waals surface area contributed by atoms with Gasteiger partial charge in [0.25, 0.3) is 5.91 Å². The van der Waals surface area contributed by atoms with Gasteiger partial charge in [0.1, 0.15) is 5.60 Å². The van der Waals surface area contributed by atoms with Crippen molar-refractivity contribution in [1.82, 2.24) is 9.88 Å². The molecule has 0 aromatic carbocycles. The highest BCUT2D eigenvalue weighted by atomic mass is 32.1. The van der Waals surface area contributed by atoms with Crippen molar-refractivity contribution in [2.24, 2.45) is 11.1 Å². The van der Waals surface area contributed by atoms with Crippen LogP contribution >= 0.6 is 11.3 Å². The largest absolute Gasteiger partial charge is 0.469 e. The number of nitrogens with two attached hydrogens (primary N) is 1. The zero-order valence-electron chi connectivity index (χ0n) is 21.4. The van der Waals surface area contributed by atoms with Crippen molar-refractivity contribution in [3.8, 4) is 0 Å². The minimum absolute atomic E-state index is 0.164. The van der Waals surface area contributed by atoms with Crippen molar-refractivity contribution in [3.63, 3.8) is 0 Å². The number of hydrogen-bond donors (Lipinski definition) is 1. The highest BCUT2D eigenvalue weighted by Gasteiger charge is 2.47. The van der Waals surface area contributed by atoms with Crippen molar-refractivity contribution < 1.29 is 23.9 Å². The van der Waals surface area contributed by atoms with E-state index in [0.717, 1.165) is 42.7 Å². The number of aromatic nitrogens is 1. The van der Waals surface area contributed by atoms with Crippen LogP contribution in [0.4, 0.5) is 4.79 Å². The maximum absolute atomic E-state index is 12.5. The van der Waals surface area contributed by atoms with Crippen LogP contribution < -0.4 is 5.73 Å². The molecule has 2 heterocycles. The molecule has 2 N–H and O–H groups in total. The molecule has 0 atom stereocenters. The fraction of sp³-hybridized carbons (Fsp3) is 0.760. The van der Waals surface area contributed by atoms with Crippen LogP contribution in [0, 0.1) is 5.41 Å². The van der Waals surface area contributed by atoms with E-state index in [1.165, 1.54) is 18.4 Å². The summed E-state index contributed by atoms with van der Waals surface area (Å²) < 4.78 is 10.6. The van der Waals surface area contributed by atoms with Gasteiger partial charge < -0.3 is 20.1 Å². The molecule has 2 amide bonds. The van der Waals surface area contributed by atoms with E-state index in [0.29, 0.717) is 30.9 Å². The zero-order chi connectivity index (χ0) is 25.3. The van der Waals surface area contributed by atoms with Crippen molar-refractivity contribution in [1.29, 1.82) is 0 Å². The van der Waals surface area contributed by atoms with Gasteiger partial charge in [-0.25, -0.2) is 9.78 Å². The van der Waals surface area contributed by atoms with E-state index >= 15 is 0 Å². The monoisotopic (exact) mass is 493 g/mol. The highest BCUT2D eigenvalue weighted by Crippen LogP contribution is 2.52. The van der Waals surface area contributed by atoms with Crippen LogP contribution in [-0.4, -0.2) is 53.7 Å². The summed E-state index contributed by atoms with van der Waals surface area (Å²) in [6.07, 6.45) is 5.20. The predicted molar refractivity (Wildman–Crippen MR) is 131 cm³/mol. The van der Waals surface area contributed by atoms with E-state index in [2.05, 4.69) is 6.92 Å². The Hall–Kier alpha value is -2.16. The van der Waals surface area contributed by atoms with Crippen LogP contribution in [0.2, 0.25) is 0 Å². The number of amides is 2. The van der Waals surface area contributed by atoms with E-state index in [-0.39, 0.29) is 23.4 Å². The number of rotatable bonds is 5. The number of ether oxygens (including phenoxy) is 2. The lowest BCUT2D eigenvalue weighted by molar-refractivity contribution is -0.154. The fourth-order valence-electron chi connectivity index (χ4n) is 5.23. The third-order valence-electron chi connectivity index (χ3n) is 7.55. The first-order valence-electron chi connectivity index (χ1n) is 12.2. The Labute approximate surface area is 206 Å². The second-order valence-corrected chi connectivity index (χ2v) is 12.1. The summed E-state index contributed by atoms with van der Waals surface area (Å²) in [5.74, 6) is -0.468. The summed E-state index contributed by atoms with van der Waals surface area (Å²) in [6, 6.07) is 0. The molecule has 8 nitrogen and oxygen atoms in total. The molecule has 0 unspecified atom stereocenters. The Morgan fingerprint density at radius 3 is 2.21 bits per heavy atom. The summed E-state index contributed by atoms with van der Waals surface area (Å²) in [5.41, 5.74) is 5.39. The summed E-state index contributed by atoms with van der Waals surface area (Å²) in [6.45, 7) is 10.9. The van der Waals surface area contributed by atoms with Crippen LogP contribution in [0.5, 0.6) is 0 Å². The topological polar surface area (TPSA) is 112 Å². The molecule has 0 bridgehead atoms. The number of carbonyl (C=O) groups is 3. The summed E-state index contributed by atoms with van der Waals surface area (Å²) >= 11 is 1.40. The molecule has 1 aliphatic carbocycles. The lowest BCUT2D eigenvalue weighted by Crippen LogP contribution is -2.42. The first kappa shape index (κ1) is 26.4. The molecule has 1 saturated heterocycles. The molecule has 3 rings (SSSR count). The number of carbonyl (C=O) groups excluding carboxylic acids is 3. The molecule has 1 saturated carbocycles. The summed E-state index contributed by atoms with van der Waals surface area (Å²) in [4.78, 5) is 44.6. The number of likely N-dealkylation sites (tertiary alicyclic amines) is 1. The minimum Gasteiger partial charge on any atom is -0.469 e. The number of piperidine rings is 1. The quantitative estimate of drug-likeness (QED) is 0.592. The smallest absolute Gasteiger partial charge is 0.410 e. The van der Waals surface area contributed by atoms with Gasteiger partial charge in [-0.1, -0.05) is 6.92 Å². The Morgan fingerprint density at radius 2 is 1.74 bits per heavy atom. The zero-order valence-corrected chi connectivity index (χ0v) is 22.2. The van der Waals surface area contributed by atoms with Crippen molar-refractivity contribution in [3.05, 3.63) is 15.6 Å². The Balaban J connectivity index is 1.83. The molecule has 34 heavy (non-hydrogen) atoms. The second-order valence-electron chi connectivity index (χ2n) is 11.0.